The maximum atomic E-state index is 8.23. The van der Waals surface area contributed by atoms with E-state index in [0.29, 0.717) is 12.1 Å². The van der Waals surface area contributed by atoms with Crippen LogP contribution in [0.1, 0.15) is 11.1 Å². The number of hydrogen-bond acceptors (Lipinski definition) is 4. The van der Waals surface area contributed by atoms with Gasteiger partial charge in [0.25, 0.3) is 0 Å². The summed E-state index contributed by atoms with van der Waals surface area (Å²) in [6.07, 6.45) is 0.514. The minimum Gasteiger partial charge on any atom is -0.497 e. The van der Waals surface area contributed by atoms with E-state index in [0.717, 1.165) is 28.4 Å². The minimum absolute atomic E-state index is 0.514. The Morgan fingerprint density at radius 3 is 1.81 bits per heavy atom. The second kappa shape index (κ2) is 6.79. The van der Waals surface area contributed by atoms with Crippen LogP contribution >= 0.6 is 0 Å². The number of nitrogens with one attached hydrogen (secondary N) is 1. The number of benzene rings is 2. The highest BCUT2D eigenvalue weighted by Crippen LogP contribution is 2.23. The summed E-state index contributed by atoms with van der Waals surface area (Å²) in [5.41, 5.74) is 2.39. The molecule has 0 bridgehead atoms. The fourth-order valence-electron chi connectivity index (χ4n) is 2.07. The van der Waals surface area contributed by atoms with E-state index in [-0.39, 0.29) is 0 Å². The summed E-state index contributed by atoms with van der Waals surface area (Å²) in [5.74, 6) is 2.24. The quantitative estimate of drug-likeness (QED) is 0.828. The maximum absolute atomic E-state index is 8.23. The minimum atomic E-state index is 0.514. The molecule has 0 aromatic heterocycles. The van der Waals surface area contributed by atoms with E-state index in [9.17, 15) is 0 Å². The normalized spacial score (nSPS) is 10.0. The Bertz CT molecular complexity index is 598. The van der Waals surface area contributed by atoms with E-state index in [1.165, 1.54) is 0 Å². The molecule has 1 N–H and O–H groups in total. The highest BCUT2D eigenvalue weighted by atomic mass is 16.5. The Morgan fingerprint density at radius 1 is 0.810 bits per heavy atom. The molecule has 4 heteroatoms. The zero-order valence-corrected chi connectivity index (χ0v) is 12.5. The Balaban J connectivity index is 2.18. The van der Waals surface area contributed by atoms with Crippen molar-refractivity contribution in [2.75, 3.05) is 21.3 Å². The van der Waals surface area contributed by atoms with E-state index in [4.69, 9.17) is 19.6 Å². The molecule has 110 valence electrons. The van der Waals surface area contributed by atoms with Crippen LogP contribution in [0.5, 0.6) is 17.2 Å². The molecule has 0 radical (unpaired) electrons. The average Bonchev–Trinajstić information content (AvgIpc) is 2.54. The number of methoxy groups -OCH3 is 3. The number of ether oxygens (including phenoxy) is 3. The molecule has 4 nitrogen and oxygen atoms in total. The van der Waals surface area contributed by atoms with Crippen LogP contribution in [0.15, 0.2) is 42.5 Å². The van der Waals surface area contributed by atoms with Crippen LogP contribution in [0.25, 0.3) is 0 Å². The van der Waals surface area contributed by atoms with Gasteiger partial charge in [0.15, 0.2) is 0 Å². The van der Waals surface area contributed by atoms with Gasteiger partial charge in [0.05, 0.1) is 21.3 Å². The summed E-state index contributed by atoms with van der Waals surface area (Å²) in [4.78, 5) is 0. The van der Waals surface area contributed by atoms with E-state index in [2.05, 4.69) is 0 Å². The predicted molar refractivity (Wildman–Crippen MR) is 83.1 cm³/mol. The summed E-state index contributed by atoms with van der Waals surface area (Å²) in [6, 6.07) is 13.1. The Labute approximate surface area is 124 Å². The topological polar surface area (TPSA) is 51.5 Å². The fraction of sp³-hybridized carbons (Fsp3) is 0.235. The van der Waals surface area contributed by atoms with Crippen molar-refractivity contribution in [3.05, 3.63) is 53.6 Å². The van der Waals surface area contributed by atoms with E-state index >= 15 is 0 Å². The summed E-state index contributed by atoms with van der Waals surface area (Å²) in [7, 11) is 4.86. The number of hydrogen-bond donors (Lipinski definition) is 1. The van der Waals surface area contributed by atoms with Gasteiger partial charge in [-0.25, -0.2) is 0 Å². The molecule has 0 amide bonds. The third kappa shape index (κ3) is 3.75. The van der Waals surface area contributed by atoms with Gasteiger partial charge in [0.2, 0.25) is 0 Å². The molecule has 2 rings (SSSR count). The Hall–Kier alpha value is -2.49. The van der Waals surface area contributed by atoms with Crippen LogP contribution in [-0.2, 0) is 6.42 Å². The molecule has 0 heterocycles. The molecule has 21 heavy (non-hydrogen) atoms. The standard InChI is InChI=1S/C17H19NO3/c1-19-14-6-4-13(5-7-14)17(18)10-12-8-15(20-2)11-16(9-12)21-3/h4-9,11,18H,10H2,1-3H3. The zero-order chi connectivity index (χ0) is 15.2. The lowest BCUT2D eigenvalue weighted by Gasteiger charge is -2.10. The first-order valence-electron chi connectivity index (χ1n) is 6.60. The third-order valence-corrected chi connectivity index (χ3v) is 3.23. The van der Waals surface area contributed by atoms with Crippen LogP contribution in [0, 0.1) is 5.41 Å². The first-order valence-corrected chi connectivity index (χ1v) is 6.60. The molecule has 0 saturated heterocycles. The van der Waals surface area contributed by atoms with Gasteiger partial charge in [-0.05, 0) is 47.5 Å². The lowest BCUT2D eigenvalue weighted by molar-refractivity contribution is 0.393. The molecule has 2 aromatic rings. The lowest BCUT2D eigenvalue weighted by Crippen LogP contribution is -2.04. The van der Waals surface area contributed by atoms with Gasteiger partial charge in [0, 0.05) is 18.2 Å². The molecule has 0 saturated carbocycles. The van der Waals surface area contributed by atoms with Gasteiger partial charge in [-0.2, -0.15) is 0 Å². The van der Waals surface area contributed by atoms with Crippen molar-refractivity contribution in [3.8, 4) is 17.2 Å². The summed E-state index contributed by atoms with van der Waals surface area (Å²) in [6.45, 7) is 0. The van der Waals surface area contributed by atoms with Gasteiger partial charge in [0.1, 0.15) is 17.2 Å². The monoisotopic (exact) mass is 285 g/mol. The van der Waals surface area contributed by atoms with Crippen LogP contribution in [0.2, 0.25) is 0 Å². The van der Waals surface area contributed by atoms with Crippen molar-refractivity contribution >= 4 is 5.71 Å². The first kappa shape index (κ1) is 14.9. The molecule has 0 aliphatic heterocycles. The van der Waals surface area contributed by atoms with Crippen LogP contribution < -0.4 is 14.2 Å². The Kier molecular flexibility index (Phi) is 4.82. The molecule has 0 unspecified atom stereocenters. The van der Waals surface area contributed by atoms with Crippen LogP contribution in [-0.4, -0.2) is 27.0 Å². The smallest absolute Gasteiger partial charge is 0.122 e. The molecule has 0 aliphatic rings. The van der Waals surface area contributed by atoms with Crippen molar-refractivity contribution in [2.24, 2.45) is 0 Å². The third-order valence-electron chi connectivity index (χ3n) is 3.23. The largest absolute Gasteiger partial charge is 0.497 e. The van der Waals surface area contributed by atoms with Crippen molar-refractivity contribution < 1.29 is 14.2 Å². The molecular formula is C17H19NO3. The lowest BCUT2D eigenvalue weighted by atomic mass is 10.0. The van der Waals surface area contributed by atoms with E-state index < -0.39 is 0 Å². The molecule has 0 fully saturated rings. The average molecular weight is 285 g/mol. The Morgan fingerprint density at radius 2 is 1.33 bits per heavy atom. The molecule has 0 spiro atoms. The molecule has 2 aromatic carbocycles. The van der Waals surface area contributed by atoms with Crippen LogP contribution in [0.4, 0.5) is 0 Å². The van der Waals surface area contributed by atoms with E-state index in [1.54, 1.807) is 21.3 Å². The van der Waals surface area contributed by atoms with Crippen molar-refractivity contribution in [1.82, 2.24) is 0 Å². The van der Waals surface area contributed by atoms with Gasteiger partial charge < -0.3 is 19.6 Å². The fourth-order valence-corrected chi connectivity index (χ4v) is 2.07. The van der Waals surface area contributed by atoms with Crippen molar-refractivity contribution in [3.63, 3.8) is 0 Å². The highest BCUT2D eigenvalue weighted by Gasteiger charge is 2.07. The summed E-state index contributed by atoms with van der Waals surface area (Å²) < 4.78 is 15.6. The van der Waals surface area contributed by atoms with Gasteiger partial charge in [-0.3, -0.25) is 0 Å². The van der Waals surface area contributed by atoms with Gasteiger partial charge in [-0.1, -0.05) is 0 Å². The number of rotatable bonds is 6. The predicted octanol–water partition coefficient (Wildman–Crippen LogP) is 3.32. The van der Waals surface area contributed by atoms with Crippen LogP contribution in [0.3, 0.4) is 0 Å². The van der Waals surface area contributed by atoms with Gasteiger partial charge >= 0.3 is 0 Å². The second-order valence-electron chi connectivity index (χ2n) is 4.60. The molecule has 0 atom stereocenters. The van der Waals surface area contributed by atoms with Crippen molar-refractivity contribution in [1.29, 1.82) is 5.41 Å². The first-order chi connectivity index (χ1) is 10.2. The summed E-state index contributed by atoms with van der Waals surface area (Å²) >= 11 is 0. The molecule has 0 aliphatic carbocycles. The van der Waals surface area contributed by atoms with Gasteiger partial charge in [-0.15, -0.1) is 0 Å². The SMILES string of the molecule is COc1ccc(C(=N)Cc2cc(OC)cc(OC)c2)cc1. The second-order valence-corrected chi connectivity index (χ2v) is 4.60. The van der Waals surface area contributed by atoms with E-state index in [1.807, 2.05) is 42.5 Å². The molecular weight excluding hydrogens is 266 g/mol. The summed E-state index contributed by atoms with van der Waals surface area (Å²) in [5, 5.41) is 8.23. The zero-order valence-electron chi connectivity index (χ0n) is 12.5. The highest BCUT2D eigenvalue weighted by molar-refractivity contribution is 5.99. The maximum Gasteiger partial charge on any atom is 0.122 e. The van der Waals surface area contributed by atoms with Crippen molar-refractivity contribution in [2.45, 2.75) is 6.42 Å².